The van der Waals surface area contributed by atoms with Crippen molar-refractivity contribution in [2.45, 2.75) is 105 Å². The number of aliphatic hydroxyl groups is 1. The third-order valence-electron chi connectivity index (χ3n) is 13.2. The number of β-amino-alcohol motifs (C(OH)–C–C–N with tert-alkyl or cyclic N) is 1. The topological polar surface area (TPSA) is 207 Å². The monoisotopic (exact) mass is 981 g/mol. The van der Waals surface area contributed by atoms with Gasteiger partial charge in [0.2, 0.25) is 11.8 Å². The second kappa shape index (κ2) is 19.1. The van der Waals surface area contributed by atoms with Crippen LogP contribution in [0.4, 0.5) is 0 Å². The highest BCUT2D eigenvalue weighted by atomic mass is 32.1. The molecule has 16 nitrogen and oxygen atoms in total. The van der Waals surface area contributed by atoms with E-state index in [-0.39, 0.29) is 37.3 Å². The molecule has 3 N–H and O–H groups in total. The number of carbonyl (C=O) groups is 4. The molecule has 3 aromatic carbocycles. The van der Waals surface area contributed by atoms with Crippen LogP contribution in [-0.4, -0.2) is 96.0 Å². The number of ether oxygens (including phenoxy) is 1. The van der Waals surface area contributed by atoms with Gasteiger partial charge in [-0.25, -0.2) is 9.97 Å². The number of benzene rings is 3. The summed E-state index contributed by atoms with van der Waals surface area (Å²) in [5.41, 5.74) is 10.2. The Balaban J connectivity index is 0.912. The Kier molecular flexibility index (Phi) is 13.2. The van der Waals surface area contributed by atoms with Gasteiger partial charge in [0.15, 0.2) is 11.4 Å². The molecule has 1 fully saturated rings. The molecule has 0 unspecified atom stereocenters. The summed E-state index contributed by atoms with van der Waals surface area (Å²) in [7, 11) is 1.38. The Morgan fingerprint density at radius 1 is 0.929 bits per heavy atom. The number of oxazole rings is 1. The molecule has 362 valence electrons. The third-order valence-corrected chi connectivity index (χ3v) is 15.4. The van der Waals surface area contributed by atoms with Crippen molar-refractivity contribution in [2.24, 2.45) is 10.4 Å². The Morgan fingerprint density at radius 3 is 2.31 bits per heavy atom. The van der Waals surface area contributed by atoms with Crippen molar-refractivity contribution in [3.05, 3.63) is 123 Å². The first-order valence-electron chi connectivity index (χ1n) is 23.2. The molecule has 0 spiro atoms. The van der Waals surface area contributed by atoms with Gasteiger partial charge in [0.25, 0.3) is 5.89 Å². The zero-order valence-electron chi connectivity index (χ0n) is 40.5. The highest BCUT2D eigenvalue weighted by molar-refractivity contribution is 7.15. The van der Waals surface area contributed by atoms with Crippen LogP contribution >= 0.6 is 22.7 Å². The maximum atomic E-state index is 14.4. The summed E-state index contributed by atoms with van der Waals surface area (Å²) in [6, 6.07) is 18.6. The lowest BCUT2D eigenvalue weighted by Crippen LogP contribution is -2.57. The third kappa shape index (κ3) is 9.30. The number of nitrogens with one attached hydrogen (secondary N) is 2. The average molecular weight is 982 g/mol. The van der Waals surface area contributed by atoms with E-state index >= 15 is 0 Å². The van der Waals surface area contributed by atoms with E-state index in [2.05, 4.69) is 49.2 Å². The van der Waals surface area contributed by atoms with E-state index < -0.39 is 47.4 Å². The molecule has 0 aliphatic carbocycles. The van der Waals surface area contributed by atoms with Crippen LogP contribution in [0.3, 0.4) is 0 Å². The van der Waals surface area contributed by atoms with Gasteiger partial charge in [0, 0.05) is 35.4 Å². The lowest BCUT2D eigenvalue weighted by Gasteiger charge is -2.35. The number of carbonyl (C=O) groups excluding carboxylic acids is 4. The average Bonchev–Trinajstić information content (AvgIpc) is 4.18. The largest absolute Gasteiger partial charge is 0.469 e. The minimum Gasteiger partial charge on any atom is -0.469 e. The van der Waals surface area contributed by atoms with Gasteiger partial charge >= 0.3 is 11.9 Å². The Labute approximate surface area is 413 Å². The maximum Gasteiger partial charge on any atom is 0.307 e. The standard InChI is InChI=1S/C52H55N9O7S2/c1-26-29(4)70-51-42(26)43(55-37(19-21-41(63)67-9)46-59-58-30(5)61(46)51)33-14-12-32(13-15-33)35-18-20-40-38(22-35)56-49(68-40)48(65)57-45(52(6,7)8)50(66)60-24-36(62)23-39(60)47(64)54-27(2)31-10-16-34(17-11-31)44-28(3)53-25-69-44/h10-18,20,22,25,27,36-37,39,45,62H,19,21,23-24H2,1-9H3,(H,54,64)(H,57,65)/t27-,36+,37-,39-,45+/m0/s1. The summed E-state index contributed by atoms with van der Waals surface area (Å²) < 4.78 is 13.0. The van der Waals surface area contributed by atoms with Crippen molar-refractivity contribution in [1.29, 1.82) is 0 Å². The number of aryl methyl sites for hydroxylation is 3. The molecular weight excluding hydrogens is 927 g/mol. The molecule has 6 heterocycles. The van der Waals surface area contributed by atoms with E-state index in [1.54, 1.807) is 28.7 Å². The molecule has 0 bridgehead atoms. The smallest absolute Gasteiger partial charge is 0.307 e. The van der Waals surface area contributed by atoms with Crippen molar-refractivity contribution in [3.8, 4) is 26.6 Å². The number of hydrogen-bond acceptors (Lipinski definition) is 14. The van der Waals surface area contributed by atoms with Crippen LogP contribution in [0, 0.1) is 33.1 Å². The molecule has 5 atom stereocenters. The lowest BCUT2D eigenvalue weighted by molar-refractivity contribution is -0.142. The Morgan fingerprint density at radius 2 is 1.63 bits per heavy atom. The van der Waals surface area contributed by atoms with E-state index in [1.165, 1.54) is 12.0 Å². The van der Waals surface area contributed by atoms with Crippen molar-refractivity contribution in [2.75, 3.05) is 13.7 Å². The molecule has 7 aromatic rings. The van der Waals surface area contributed by atoms with Crippen LogP contribution in [0.5, 0.6) is 0 Å². The highest BCUT2D eigenvalue weighted by Gasteiger charge is 2.45. The second-order valence-corrected chi connectivity index (χ2v) is 21.1. The summed E-state index contributed by atoms with van der Waals surface area (Å²) in [6.45, 7) is 15.3. The molecule has 2 aliphatic heterocycles. The summed E-state index contributed by atoms with van der Waals surface area (Å²) in [4.78, 5) is 72.2. The van der Waals surface area contributed by atoms with Gasteiger partial charge in [0.1, 0.15) is 34.5 Å². The van der Waals surface area contributed by atoms with E-state index in [9.17, 15) is 24.3 Å². The van der Waals surface area contributed by atoms with E-state index in [4.69, 9.17) is 14.1 Å². The van der Waals surface area contributed by atoms with Crippen LogP contribution in [0.2, 0.25) is 0 Å². The van der Waals surface area contributed by atoms with Crippen molar-refractivity contribution >= 4 is 63.2 Å². The first-order valence-corrected chi connectivity index (χ1v) is 24.9. The fourth-order valence-electron chi connectivity index (χ4n) is 9.17. The molecule has 4 aromatic heterocycles. The van der Waals surface area contributed by atoms with Crippen LogP contribution in [-0.2, 0) is 19.1 Å². The predicted octanol–water partition coefficient (Wildman–Crippen LogP) is 8.32. The Bertz CT molecular complexity index is 3180. The molecular formula is C52H55N9O7S2. The van der Waals surface area contributed by atoms with Crippen molar-refractivity contribution in [1.82, 2.24) is 40.3 Å². The van der Waals surface area contributed by atoms with Crippen LogP contribution in [0.15, 0.2) is 81.7 Å². The summed E-state index contributed by atoms with van der Waals surface area (Å²) in [6.07, 6.45) is -0.291. The van der Waals surface area contributed by atoms with Gasteiger partial charge < -0.3 is 29.8 Å². The SMILES string of the molecule is COC(=O)CC[C@@H]1N=C(c2ccc(-c3ccc4oc(C(=O)N[C@H](C(=O)N5C[C@H](O)C[C@H]5C(=O)N[C@@H](C)c5ccc(-c6scnc6C)cc5)C(C)(C)C)nc4c3)cc2)c2c(sc(C)c2C)-n2c(C)nnc21. The fraction of sp³-hybridized carbons (Fsp3) is 0.365. The van der Waals surface area contributed by atoms with Gasteiger partial charge in [-0.3, -0.25) is 28.7 Å². The minimum atomic E-state index is -1.09. The summed E-state index contributed by atoms with van der Waals surface area (Å²) in [5.74, 6) is -0.714. The number of aromatic nitrogens is 5. The van der Waals surface area contributed by atoms with E-state index in [1.807, 2.05) is 108 Å². The number of esters is 1. The van der Waals surface area contributed by atoms with E-state index in [0.717, 1.165) is 70.9 Å². The Hall–Kier alpha value is -6.89. The number of thiophene rings is 1. The summed E-state index contributed by atoms with van der Waals surface area (Å²) >= 11 is 3.23. The van der Waals surface area contributed by atoms with Crippen molar-refractivity contribution < 1.29 is 33.4 Å². The fourth-order valence-corrected chi connectivity index (χ4v) is 11.2. The molecule has 3 amide bonds. The van der Waals surface area contributed by atoms with Crippen molar-refractivity contribution in [3.63, 3.8) is 0 Å². The van der Waals surface area contributed by atoms with Crippen LogP contribution < -0.4 is 10.6 Å². The number of methoxy groups -OCH3 is 1. The summed E-state index contributed by atoms with van der Waals surface area (Å²) in [5, 5.41) is 26.6. The number of nitrogens with zero attached hydrogens (tertiary/aromatic N) is 7. The first-order chi connectivity index (χ1) is 33.4. The maximum absolute atomic E-state index is 14.4. The molecule has 2 aliphatic rings. The van der Waals surface area contributed by atoms with Gasteiger partial charge in [-0.05, 0) is 86.4 Å². The van der Waals surface area contributed by atoms with Crippen LogP contribution in [0.1, 0.15) is 114 Å². The first kappa shape index (κ1) is 48.1. The molecule has 0 saturated carbocycles. The predicted molar refractivity (Wildman–Crippen MR) is 268 cm³/mol. The normalized spacial score (nSPS) is 17.6. The van der Waals surface area contributed by atoms with Gasteiger partial charge in [-0.15, -0.1) is 32.9 Å². The molecule has 70 heavy (non-hydrogen) atoms. The van der Waals surface area contributed by atoms with Gasteiger partial charge in [0.05, 0.1) is 41.0 Å². The molecule has 0 radical (unpaired) electrons. The second-order valence-electron chi connectivity index (χ2n) is 19.1. The number of thiazole rings is 1. The number of rotatable bonds is 12. The molecule has 1 saturated heterocycles. The molecule has 9 rings (SSSR count). The number of hydrogen-bond donors (Lipinski definition) is 3. The van der Waals surface area contributed by atoms with Crippen LogP contribution in [0.25, 0.3) is 37.7 Å². The number of amides is 3. The highest BCUT2D eigenvalue weighted by Crippen LogP contribution is 2.40. The van der Waals surface area contributed by atoms with E-state index in [0.29, 0.717) is 23.3 Å². The molecule has 18 heteroatoms. The lowest BCUT2D eigenvalue weighted by atomic mass is 9.85. The zero-order chi connectivity index (χ0) is 49.8. The number of fused-ring (bicyclic) bond motifs is 4. The quantitative estimate of drug-likeness (QED) is 0.0993. The number of aliphatic imine (C=N–C) groups is 1. The van der Waals surface area contributed by atoms with Gasteiger partial charge in [-0.1, -0.05) is 75.4 Å². The number of aliphatic hydroxyl groups excluding tert-OH is 1. The number of likely N-dealkylation sites (tertiary alicyclic amines) is 1. The van der Waals surface area contributed by atoms with Gasteiger partial charge in [-0.2, -0.15) is 0 Å². The zero-order valence-corrected chi connectivity index (χ0v) is 42.1. The minimum absolute atomic E-state index is 0.0574.